The Morgan fingerprint density at radius 2 is 1.73 bits per heavy atom. The Kier molecular flexibility index (Phi) is 5.05. The van der Waals surface area contributed by atoms with E-state index in [1.165, 1.54) is 18.2 Å². The number of aromatic nitrogens is 1. The van der Waals surface area contributed by atoms with Crippen LogP contribution in [0.4, 0.5) is 23.7 Å². The summed E-state index contributed by atoms with van der Waals surface area (Å²) in [5, 5.41) is 2.51. The van der Waals surface area contributed by atoms with Crippen molar-refractivity contribution in [3.05, 3.63) is 83.7 Å². The van der Waals surface area contributed by atoms with E-state index in [1.807, 2.05) is 56.4 Å². The number of carbonyl (C=O) groups excluding carboxylic acids is 1. The average molecular weight is 413 g/mol. The van der Waals surface area contributed by atoms with E-state index < -0.39 is 17.8 Å². The topological polar surface area (TPSA) is 37.3 Å². The van der Waals surface area contributed by atoms with Gasteiger partial charge in [-0.1, -0.05) is 44.2 Å². The van der Waals surface area contributed by atoms with Gasteiger partial charge in [0.15, 0.2) is 0 Å². The Bertz CT molecular complexity index is 1070. The first-order valence-electron chi connectivity index (χ1n) is 9.76. The Morgan fingerprint density at radius 3 is 2.47 bits per heavy atom. The highest BCUT2D eigenvalue weighted by molar-refractivity contribution is 5.90. The quantitative estimate of drug-likeness (QED) is 0.530. The molecule has 1 aromatic heterocycles. The zero-order valence-electron chi connectivity index (χ0n) is 16.6. The molecule has 7 heteroatoms. The second kappa shape index (κ2) is 7.55. The largest absolute Gasteiger partial charge is 0.418 e. The average Bonchev–Trinajstić information content (AvgIpc) is 3.11. The number of rotatable bonds is 2. The molecule has 0 saturated heterocycles. The van der Waals surface area contributed by atoms with Crippen LogP contribution in [-0.4, -0.2) is 15.5 Å². The molecule has 1 atom stereocenters. The molecule has 0 spiro atoms. The number of amides is 2. The number of alkyl halides is 3. The normalized spacial score (nSPS) is 16.1. The number of carbonyl (C=O) groups is 1. The summed E-state index contributed by atoms with van der Waals surface area (Å²) in [5.74, 6) is 0.0524. The van der Waals surface area contributed by atoms with Gasteiger partial charge in [-0.15, -0.1) is 0 Å². The Balaban J connectivity index is 1.76. The summed E-state index contributed by atoms with van der Waals surface area (Å²) in [4.78, 5) is 14.9. The lowest BCUT2D eigenvalue weighted by atomic mass is 9.99. The van der Waals surface area contributed by atoms with Gasteiger partial charge in [-0.2, -0.15) is 13.2 Å². The van der Waals surface area contributed by atoms with E-state index in [2.05, 4.69) is 9.88 Å². The highest BCUT2D eigenvalue weighted by atomic mass is 19.4. The molecule has 1 N–H and O–H groups in total. The van der Waals surface area contributed by atoms with Crippen molar-refractivity contribution in [1.82, 2.24) is 9.47 Å². The second-order valence-electron chi connectivity index (χ2n) is 7.72. The van der Waals surface area contributed by atoms with Crippen LogP contribution in [0, 0.1) is 5.92 Å². The summed E-state index contributed by atoms with van der Waals surface area (Å²) < 4.78 is 42.2. The minimum Gasteiger partial charge on any atom is -0.318 e. The van der Waals surface area contributed by atoms with Crippen LogP contribution in [0.25, 0.3) is 5.69 Å². The molecule has 0 unspecified atom stereocenters. The number of nitrogens with one attached hydrogen (secondary N) is 1. The SMILES string of the molecule is CC(C)[C@H]1c2cccn2-c2ccccc2CN1C(=O)Nc1ccccc1C(F)(F)F. The summed E-state index contributed by atoms with van der Waals surface area (Å²) >= 11 is 0. The summed E-state index contributed by atoms with van der Waals surface area (Å²) in [5.41, 5.74) is 1.71. The molecule has 0 fully saturated rings. The van der Waals surface area contributed by atoms with Crippen LogP contribution in [-0.2, 0) is 12.7 Å². The third kappa shape index (κ3) is 3.56. The zero-order valence-corrected chi connectivity index (χ0v) is 16.6. The van der Waals surface area contributed by atoms with Crippen LogP contribution >= 0.6 is 0 Å². The molecule has 0 saturated carbocycles. The third-order valence-electron chi connectivity index (χ3n) is 5.38. The highest BCUT2D eigenvalue weighted by Crippen LogP contribution is 2.38. The van der Waals surface area contributed by atoms with Crippen LogP contribution in [0.5, 0.6) is 0 Å². The molecular weight excluding hydrogens is 391 g/mol. The first kappa shape index (κ1) is 20.1. The Hall–Kier alpha value is -3.22. The van der Waals surface area contributed by atoms with Crippen molar-refractivity contribution in [2.24, 2.45) is 5.92 Å². The molecule has 2 heterocycles. The van der Waals surface area contributed by atoms with Crippen molar-refractivity contribution in [3.63, 3.8) is 0 Å². The minimum atomic E-state index is -4.55. The number of hydrogen-bond donors (Lipinski definition) is 1. The fraction of sp³-hybridized carbons (Fsp3) is 0.261. The molecule has 1 aliphatic heterocycles. The third-order valence-corrected chi connectivity index (χ3v) is 5.38. The van der Waals surface area contributed by atoms with Crippen molar-refractivity contribution in [1.29, 1.82) is 0 Å². The molecule has 4 rings (SSSR count). The lowest BCUT2D eigenvalue weighted by Crippen LogP contribution is -2.39. The number of benzene rings is 2. The Labute approximate surface area is 172 Å². The number of urea groups is 1. The van der Waals surface area contributed by atoms with Gasteiger partial charge in [-0.3, -0.25) is 0 Å². The van der Waals surface area contributed by atoms with Crippen LogP contribution < -0.4 is 5.32 Å². The van der Waals surface area contributed by atoms with Crippen LogP contribution in [0.3, 0.4) is 0 Å². The molecule has 2 aromatic carbocycles. The number of anilines is 1. The Morgan fingerprint density at radius 1 is 1.03 bits per heavy atom. The van der Waals surface area contributed by atoms with Crippen molar-refractivity contribution in [2.75, 3.05) is 5.32 Å². The lowest BCUT2D eigenvalue weighted by molar-refractivity contribution is -0.136. The molecule has 0 bridgehead atoms. The predicted octanol–water partition coefficient (Wildman–Crippen LogP) is 6.24. The van der Waals surface area contributed by atoms with E-state index in [1.54, 1.807) is 4.90 Å². The van der Waals surface area contributed by atoms with Gasteiger partial charge in [0.25, 0.3) is 0 Å². The van der Waals surface area contributed by atoms with Gasteiger partial charge in [-0.05, 0) is 41.8 Å². The van der Waals surface area contributed by atoms with E-state index >= 15 is 0 Å². The summed E-state index contributed by atoms with van der Waals surface area (Å²) in [6.45, 7) is 4.30. The van der Waals surface area contributed by atoms with Gasteiger partial charge in [0, 0.05) is 11.9 Å². The summed E-state index contributed by atoms with van der Waals surface area (Å²) in [6, 6.07) is 15.8. The zero-order chi connectivity index (χ0) is 21.5. The molecule has 30 heavy (non-hydrogen) atoms. The highest BCUT2D eigenvalue weighted by Gasteiger charge is 2.36. The van der Waals surface area contributed by atoms with Gasteiger partial charge >= 0.3 is 12.2 Å². The fourth-order valence-electron chi connectivity index (χ4n) is 4.10. The number of nitrogens with zero attached hydrogens (tertiary/aromatic N) is 2. The number of hydrogen-bond acceptors (Lipinski definition) is 1. The number of para-hydroxylation sites is 2. The van der Waals surface area contributed by atoms with Crippen LogP contribution in [0.15, 0.2) is 66.9 Å². The molecule has 2 amide bonds. The van der Waals surface area contributed by atoms with Crippen LogP contribution in [0.1, 0.15) is 36.7 Å². The van der Waals surface area contributed by atoms with Gasteiger partial charge in [-0.25, -0.2) is 4.79 Å². The summed E-state index contributed by atoms with van der Waals surface area (Å²) in [6.07, 6.45) is -2.61. The maximum atomic E-state index is 13.4. The van der Waals surface area contributed by atoms with Gasteiger partial charge in [0.1, 0.15) is 0 Å². The molecule has 0 radical (unpaired) electrons. The van der Waals surface area contributed by atoms with Crippen molar-refractivity contribution in [3.8, 4) is 5.69 Å². The van der Waals surface area contributed by atoms with Crippen molar-refractivity contribution >= 4 is 11.7 Å². The molecule has 156 valence electrons. The van der Waals surface area contributed by atoms with Gasteiger partial charge < -0.3 is 14.8 Å². The van der Waals surface area contributed by atoms with E-state index in [0.29, 0.717) is 6.54 Å². The molecular formula is C23H22F3N3O. The number of fused-ring (bicyclic) bond motifs is 3. The van der Waals surface area contributed by atoms with Crippen molar-refractivity contribution < 1.29 is 18.0 Å². The van der Waals surface area contributed by atoms with E-state index in [4.69, 9.17) is 0 Å². The molecule has 4 nitrogen and oxygen atoms in total. The smallest absolute Gasteiger partial charge is 0.318 e. The molecule has 3 aromatic rings. The molecule has 1 aliphatic rings. The van der Waals surface area contributed by atoms with Crippen LogP contribution in [0.2, 0.25) is 0 Å². The maximum absolute atomic E-state index is 13.4. The van der Waals surface area contributed by atoms with E-state index in [9.17, 15) is 18.0 Å². The summed E-state index contributed by atoms with van der Waals surface area (Å²) in [7, 11) is 0. The standard InChI is InChI=1S/C23H22F3N3O/c1-15(2)21-20-12-7-13-28(20)19-11-6-3-8-16(19)14-29(21)22(30)27-18-10-5-4-9-17(18)23(24,25)26/h3-13,15,21H,14H2,1-2H3,(H,27,30)/t21-/m0/s1. The fourth-order valence-corrected chi connectivity index (χ4v) is 4.10. The second-order valence-corrected chi connectivity index (χ2v) is 7.72. The van der Waals surface area contributed by atoms with Gasteiger partial charge in [0.05, 0.1) is 29.5 Å². The van der Waals surface area contributed by atoms with Crippen molar-refractivity contribution in [2.45, 2.75) is 32.6 Å². The van der Waals surface area contributed by atoms with E-state index in [0.717, 1.165) is 23.0 Å². The van der Waals surface area contributed by atoms with Gasteiger partial charge in [0.2, 0.25) is 0 Å². The number of halogens is 3. The predicted molar refractivity (Wildman–Crippen MR) is 109 cm³/mol. The van der Waals surface area contributed by atoms with E-state index in [-0.39, 0.29) is 17.6 Å². The minimum absolute atomic E-state index is 0.0524. The molecule has 0 aliphatic carbocycles. The monoisotopic (exact) mass is 413 g/mol. The lowest BCUT2D eigenvalue weighted by Gasteiger charge is -2.33. The first-order valence-corrected chi connectivity index (χ1v) is 9.76. The first-order chi connectivity index (χ1) is 14.3. The maximum Gasteiger partial charge on any atom is 0.418 e.